The van der Waals surface area contributed by atoms with Crippen molar-refractivity contribution >= 4 is 11.5 Å². The molecule has 0 spiro atoms. The van der Waals surface area contributed by atoms with Crippen molar-refractivity contribution in [1.29, 1.82) is 0 Å². The molecule has 0 bridgehead atoms. The van der Waals surface area contributed by atoms with Crippen LogP contribution >= 0.6 is 0 Å². The first-order valence-corrected chi connectivity index (χ1v) is 9.18. The van der Waals surface area contributed by atoms with Crippen LogP contribution in [0.15, 0.2) is 30.5 Å². The first-order valence-electron chi connectivity index (χ1n) is 9.18. The van der Waals surface area contributed by atoms with E-state index in [0.717, 1.165) is 30.9 Å². The molecule has 0 aliphatic carbocycles. The summed E-state index contributed by atoms with van der Waals surface area (Å²) in [4.78, 5) is 18.4. The minimum absolute atomic E-state index is 0.229. The average Bonchev–Trinajstić information content (AvgIpc) is 3.17. The van der Waals surface area contributed by atoms with Gasteiger partial charge in [0.1, 0.15) is 11.8 Å². The molecule has 1 atom stereocenters. The van der Waals surface area contributed by atoms with Gasteiger partial charge in [-0.05, 0) is 36.1 Å². The van der Waals surface area contributed by atoms with E-state index in [1.165, 1.54) is 18.3 Å². The monoisotopic (exact) mass is 411 g/mol. The van der Waals surface area contributed by atoms with E-state index in [2.05, 4.69) is 14.8 Å². The van der Waals surface area contributed by atoms with Crippen LogP contribution in [-0.2, 0) is 12.7 Å². The molecule has 1 saturated heterocycles. The van der Waals surface area contributed by atoms with E-state index < -0.39 is 22.3 Å². The van der Waals surface area contributed by atoms with E-state index >= 15 is 0 Å². The van der Waals surface area contributed by atoms with Crippen molar-refractivity contribution in [2.45, 2.75) is 25.2 Å². The van der Waals surface area contributed by atoms with E-state index in [9.17, 15) is 23.3 Å². The quantitative estimate of drug-likeness (QED) is 0.569. The van der Waals surface area contributed by atoms with Gasteiger partial charge in [-0.1, -0.05) is 0 Å². The fourth-order valence-electron chi connectivity index (χ4n) is 3.86. The van der Waals surface area contributed by atoms with Gasteiger partial charge in [-0.15, -0.1) is 0 Å². The number of benzene rings is 1. The van der Waals surface area contributed by atoms with Gasteiger partial charge in [0.2, 0.25) is 0 Å². The van der Waals surface area contributed by atoms with E-state index in [4.69, 9.17) is 4.74 Å². The molecule has 0 unspecified atom stereocenters. The maximum absolute atomic E-state index is 12.7. The summed E-state index contributed by atoms with van der Waals surface area (Å²) in [6.07, 6.45) is -2.95. The molecule has 0 N–H and O–H groups in total. The number of nitrogens with zero attached hydrogens (tertiary/aromatic N) is 5. The zero-order valence-corrected chi connectivity index (χ0v) is 15.7. The summed E-state index contributed by atoms with van der Waals surface area (Å²) in [5, 5.41) is 10.8. The van der Waals surface area contributed by atoms with Gasteiger partial charge < -0.3 is 19.8 Å². The lowest BCUT2D eigenvalue weighted by Gasteiger charge is -2.39. The Morgan fingerprint density at radius 3 is 2.41 bits per heavy atom. The number of ether oxygens (including phenoxy) is 1. The van der Waals surface area contributed by atoms with Gasteiger partial charge in [-0.2, -0.15) is 13.2 Å². The summed E-state index contributed by atoms with van der Waals surface area (Å²) in [5.41, 5.74) is -0.411. The molecule has 0 amide bonds. The predicted molar refractivity (Wildman–Crippen MR) is 98.0 cm³/mol. The van der Waals surface area contributed by atoms with Crippen LogP contribution in [0, 0.1) is 10.1 Å². The first kappa shape index (κ1) is 19.5. The molecule has 0 saturated carbocycles. The van der Waals surface area contributed by atoms with E-state index in [1.54, 1.807) is 4.57 Å². The van der Waals surface area contributed by atoms with Crippen molar-refractivity contribution in [1.82, 2.24) is 14.5 Å². The zero-order chi connectivity index (χ0) is 20.8. The minimum atomic E-state index is -4.33. The zero-order valence-electron chi connectivity index (χ0n) is 15.7. The molecule has 2 aromatic rings. The van der Waals surface area contributed by atoms with Gasteiger partial charge in [0, 0.05) is 43.4 Å². The van der Waals surface area contributed by atoms with Crippen LogP contribution < -0.4 is 9.64 Å². The molecule has 4 rings (SSSR count). The number of imidazole rings is 1. The number of anilines is 1. The second-order valence-electron chi connectivity index (χ2n) is 7.63. The lowest BCUT2D eigenvalue weighted by Crippen LogP contribution is -2.52. The molecule has 8 nitrogen and oxygen atoms in total. The van der Waals surface area contributed by atoms with Crippen molar-refractivity contribution in [2.75, 3.05) is 37.6 Å². The van der Waals surface area contributed by atoms with Gasteiger partial charge in [0.15, 0.2) is 0 Å². The molecule has 2 aliphatic heterocycles. The molecule has 1 fully saturated rings. The van der Waals surface area contributed by atoms with Crippen LogP contribution in [0.5, 0.6) is 6.01 Å². The molecular formula is C18H20F3N5O3. The Morgan fingerprint density at radius 1 is 1.21 bits per heavy atom. The first-order chi connectivity index (χ1) is 13.6. The van der Waals surface area contributed by atoms with Crippen LogP contribution in [-0.4, -0.2) is 57.7 Å². The highest BCUT2D eigenvalue weighted by Crippen LogP contribution is 2.33. The summed E-state index contributed by atoms with van der Waals surface area (Å²) in [5.74, 6) is -0.229. The number of rotatable bonds is 4. The number of hydrogen-bond donors (Lipinski definition) is 0. The third kappa shape index (κ3) is 4.00. The molecule has 11 heteroatoms. The lowest BCUT2D eigenvalue weighted by atomic mass is 10.1. The number of alkyl halides is 3. The number of nitro groups is 1. The lowest BCUT2D eigenvalue weighted by molar-refractivity contribution is -0.389. The third-order valence-corrected chi connectivity index (χ3v) is 5.25. The number of aromatic nitrogens is 2. The second kappa shape index (κ2) is 6.90. The Hall–Kier alpha value is -2.82. The van der Waals surface area contributed by atoms with Crippen LogP contribution in [0.3, 0.4) is 0 Å². The number of fused-ring (bicyclic) bond motifs is 1. The summed E-state index contributed by atoms with van der Waals surface area (Å²) < 4.78 is 45.6. The second-order valence-corrected chi connectivity index (χ2v) is 7.63. The smallest absolute Gasteiger partial charge is 0.416 e. The highest BCUT2D eigenvalue weighted by molar-refractivity contribution is 5.48. The molecule has 0 radical (unpaired) electrons. The SMILES string of the molecule is C[C@@]1(CN2CCN(c3ccc(C(F)(F)F)cc3)CC2)Cn2cc([N+](=O)[O-])nc2O1. The summed E-state index contributed by atoms with van der Waals surface area (Å²) in [6, 6.07) is 5.48. The molecule has 1 aromatic heterocycles. The van der Waals surface area contributed by atoms with Crippen LogP contribution in [0.4, 0.5) is 24.7 Å². The molecule has 2 aliphatic rings. The van der Waals surface area contributed by atoms with Gasteiger partial charge in [0.25, 0.3) is 0 Å². The number of hydrogen-bond acceptors (Lipinski definition) is 6. The molecular weight excluding hydrogens is 391 g/mol. The van der Waals surface area contributed by atoms with Gasteiger partial charge in [-0.3, -0.25) is 9.47 Å². The molecule has 156 valence electrons. The topological polar surface area (TPSA) is 76.7 Å². The van der Waals surface area contributed by atoms with E-state index in [1.807, 2.05) is 6.92 Å². The summed E-state index contributed by atoms with van der Waals surface area (Å²) in [7, 11) is 0. The molecule has 29 heavy (non-hydrogen) atoms. The number of halogens is 3. The summed E-state index contributed by atoms with van der Waals surface area (Å²) >= 11 is 0. The van der Waals surface area contributed by atoms with Crippen LogP contribution in [0.2, 0.25) is 0 Å². The molecule has 3 heterocycles. The summed E-state index contributed by atoms with van der Waals surface area (Å²) in [6.45, 7) is 5.91. The van der Waals surface area contributed by atoms with Crippen molar-refractivity contribution in [3.05, 3.63) is 46.1 Å². The van der Waals surface area contributed by atoms with Crippen molar-refractivity contribution in [2.24, 2.45) is 0 Å². The standard InChI is InChI=1S/C18H20F3N5O3/c1-17(12-25-10-15(26(27)28)22-16(25)29-17)11-23-6-8-24(9-7-23)14-4-2-13(3-5-14)18(19,20)21/h2-5,10H,6-9,11-12H2,1H3/t17-/m1/s1. The average molecular weight is 411 g/mol. The van der Waals surface area contributed by atoms with Crippen molar-refractivity contribution in [3.8, 4) is 6.01 Å². The van der Waals surface area contributed by atoms with Crippen LogP contribution in [0.25, 0.3) is 0 Å². The fraction of sp³-hybridized carbons (Fsp3) is 0.500. The number of piperazine rings is 1. The maximum atomic E-state index is 12.7. The van der Waals surface area contributed by atoms with Crippen molar-refractivity contribution < 1.29 is 22.8 Å². The van der Waals surface area contributed by atoms with Gasteiger partial charge >= 0.3 is 18.0 Å². The maximum Gasteiger partial charge on any atom is 0.416 e. The fourth-order valence-corrected chi connectivity index (χ4v) is 3.86. The van der Waals surface area contributed by atoms with Gasteiger partial charge in [-0.25, -0.2) is 0 Å². The largest absolute Gasteiger partial charge is 0.436 e. The highest BCUT2D eigenvalue weighted by Gasteiger charge is 2.41. The van der Waals surface area contributed by atoms with E-state index in [-0.39, 0.29) is 11.8 Å². The van der Waals surface area contributed by atoms with Crippen LogP contribution in [0.1, 0.15) is 12.5 Å². The minimum Gasteiger partial charge on any atom is -0.436 e. The van der Waals surface area contributed by atoms with Crippen molar-refractivity contribution in [3.63, 3.8) is 0 Å². The Balaban J connectivity index is 1.32. The highest BCUT2D eigenvalue weighted by atomic mass is 19.4. The van der Waals surface area contributed by atoms with Gasteiger partial charge in [0.05, 0.1) is 12.1 Å². The predicted octanol–water partition coefficient (Wildman–Crippen LogP) is 2.78. The molecule has 1 aromatic carbocycles. The Kier molecular flexibility index (Phi) is 4.64. The normalized spacial score (nSPS) is 22.4. The van der Waals surface area contributed by atoms with E-state index in [0.29, 0.717) is 26.2 Å². The Labute approximate surface area is 164 Å². The Morgan fingerprint density at radius 2 is 1.86 bits per heavy atom. The Bertz CT molecular complexity index is 881. The third-order valence-electron chi connectivity index (χ3n) is 5.25.